The average molecular weight is 504 g/mol. The molecule has 0 fully saturated rings. The van der Waals surface area contributed by atoms with Crippen LogP contribution in [0.1, 0.15) is 32.1 Å². The fourth-order valence-electron chi connectivity index (χ4n) is 3.74. The van der Waals surface area contributed by atoms with Gasteiger partial charge in [-0.05, 0) is 5.92 Å². The molecule has 0 saturated heterocycles. The maximum absolute atomic E-state index is 10.3. The van der Waals surface area contributed by atoms with E-state index in [-0.39, 0.29) is 128 Å². The summed E-state index contributed by atoms with van der Waals surface area (Å²) in [5.74, 6) is -1.19. The molecule has 0 bridgehead atoms. The first-order valence-electron chi connectivity index (χ1n) is 12.0. The summed E-state index contributed by atoms with van der Waals surface area (Å²) in [6.45, 7) is 2.10. The molecule has 0 amide bonds. The molecule has 36 heavy (non-hydrogen) atoms. The minimum Gasteiger partial charge on any atom is -0.396 e. The highest BCUT2D eigenvalue weighted by Crippen LogP contribution is 2.32. The molecule has 0 rings (SSSR count). The number of ether oxygens (including phenoxy) is 5. The second-order valence-corrected chi connectivity index (χ2v) is 7.96. The second-order valence-electron chi connectivity index (χ2n) is 7.96. The Labute approximate surface area is 214 Å². The number of hydrogen-bond donors (Lipinski definition) is 1. The third-order valence-corrected chi connectivity index (χ3v) is 5.32. The highest BCUT2D eigenvalue weighted by molar-refractivity contribution is 4.85. The lowest BCUT2D eigenvalue weighted by molar-refractivity contribution is -0.0758. The normalized spacial score (nSPS) is 11.5. The molecule has 1 atom stereocenters. The van der Waals surface area contributed by atoms with Gasteiger partial charge in [0.25, 0.3) is 0 Å². The smallest absolute Gasteiger partial charge is 0.0645 e. The summed E-state index contributed by atoms with van der Waals surface area (Å²) in [6, 6.07) is 10.2. The van der Waals surface area contributed by atoms with Crippen LogP contribution in [0.2, 0.25) is 0 Å². The Hall–Kier alpha value is -2.79. The zero-order valence-electron chi connectivity index (χ0n) is 20.8. The molecular weight excluding hydrogens is 466 g/mol. The number of nitriles is 5. The van der Waals surface area contributed by atoms with E-state index in [2.05, 4.69) is 0 Å². The van der Waals surface area contributed by atoms with E-state index in [1.807, 2.05) is 30.3 Å². The van der Waals surface area contributed by atoms with Crippen molar-refractivity contribution in [2.24, 2.45) is 23.7 Å². The van der Waals surface area contributed by atoms with Crippen LogP contribution >= 0.6 is 0 Å². The van der Waals surface area contributed by atoms with E-state index >= 15 is 0 Å². The summed E-state index contributed by atoms with van der Waals surface area (Å²) in [7, 11) is 0. The van der Waals surface area contributed by atoms with Crippen LogP contribution in [0.5, 0.6) is 0 Å². The Bertz CT molecular complexity index is 656. The molecule has 0 heterocycles. The quantitative estimate of drug-likeness (QED) is 0.190. The Kier molecular flexibility index (Phi) is 23.3. The SMILES string of the molecule is N#CCCOCC(CO)C(C(COCCC#N)COCCC#N)C(COCCC#N)COCCC#N. The summed E-state index contributed by atoms with van der Waals surface area (Å²) < 4.78 is 28.7. The number of aliphatic hydroxyl groups excluding tert-OH is 1. The maximum atomic E-state index is 10.3. The van der Waals surface area contributed by atoms with Gasteiger partial charge in [0.2, 0.25) is 0 Å². The van der Waals surface area contributed by atoms with Crippen LogP contribution in [0.4, 0.5) is 0 Å². The molecule has 0 aliphatic heterocycles. The van der Waals surface area contributed by atoms with Crippen molar-refractivity contribution >= 4 is 0 Å². The van der Waals surface area contributed by atoms with Gasteiger partial charge in [0.05, 0.1) is 129 Å². The highest BCUT2D eigenvalue weighted by Gasteiger charge is 2.37. The van der Waals surface area contributed by atoms with Gasteiger partial charge in [0.15, 0.2) is 0 Å². The molecule has 0 radical (unpaired) electrons. The molecule has 11 nitrogen and oxygen atoms in total. The van der Waals surface area contributed by atoms with E-state index in [0.717, 1.165) is 0 Å². The zero-order valence-corrected chi connectivity index (χ0v) is 20.8. The van der Waals surface area contributed by atoms with Crippen LogP contribution < -0.4 is 0 Å². The van der Waals surface area contributed by atoms with Crippen molar-refractivity contribution in [1.29, 1.82) is 26.3 Å². The molecule has 0 aromatic heterocycles. The van der Waals surface area contributed by atoms with Gasteiger partial charge in [-0.1, -0.05) is 0 Å². The fraction of sp³-hybridized carbons (Fsp3) is 0.800. The largest absolute Gasteiger partial charge is 0.396 e. The van der Waals surface area contributed by atoms with Gasteiger partial charge < -0.3 is 28.8 Å². The van der Waals surface area contributed by atoms with Crippen LogP contribution in [0.3, 0.4) is 0 Å². The molecule has 0 aromatic carbocycles. The molecule has 0 aromatic rings. The van der Waals surface area contributed by atoms with E-state index < -0.39 is 0 Å². The number of rotatable bonds is 24. The van der Waals surface area contributed by atoms with Crippen molar-refractivity contribution in [3.05, 3.63) is 0 Å². The molecule has 1 N–H and O–H groups in total. The number of nitrogens with zero attached hydrogens (tertiary/aromatic N) is 5. The second kappa shape index (κ2) is 25.3. The average Bonchev–Trinajstić information content (AvgIpc) is 2.89. The van der Waals surface area contributed by atoms with Crippen molar-refractivity contribution in [3.8, 4) is 30.3 Å². The summed E-state index contributed by atoms with van der Waals surface area (Å²) in [6.07, 6.45) is 1.13. The molecule has 198 valence electrons. The lowest BCUT2D eigenvalue weighted by Gasteiger charge is -2.38. The van der Waals surface area contributed by atoms with Gasteiger partial charge in [0.1, 0.15) is 0 Å². The maximum Gasteiger partial charge on any atom is 0.0645 e. The van der Waals surface area contributed by atoms with Gasteiger partial charge in [-0.2, -0.15) is 26.3 Å². The molecule has 0 spiro atoms. The zero-order chi connectivity index (χ0) is 26.7. The van der Waals surface area contributed by atoms with Crippen LogP contribution in [-0.4, -0.2) is 77.8 Å². The lowest BCUT2D eigenvalue weighted by atomic mass is 9.74. The standard InChI is InChI=1S/C25H37N5O6/c26-6-1-11-32-17-22(16-31)25(23(18-33-12-2-7-27)19-34-13-3-8-28)24(20-35-14-4-9-29)21-36-15-5-10-30/h22-25,31H,1-5,11-21H2. The third kappa shape index (κ3) is 16.8. The van der Waals surface area contributed by atoms with Gasteiger partial charge >= 0.3 is 0 Å². The van der Waals surface area contributed by atoms with Crippen LogP contribution in [0.15, 0.2) is 0 Å². The van der Waals surface area contributed by atoms with E-state index in [0.29, 0.717) is 0 Å². The molecule has 0 aliphatic carbocycles. The van der Waals surface area contributed by atoms with E-state index in [1.165, 1.54) is 0 Å². The molecule has 1 unspecified atom stereocenters. The van der Waals surface area contributed by atoms with E-state index in [9.17, 15) is 5.11 Å². The van der Waals surface area contributed by atoms with Crippen molar-refractivity contribution in [2.45, 2.75) is 32.1 Å². The summed E-state index contributed by atoms with van der Waals surface area (Å²) in [5.41, 5.74) is 0. The Morgan fingerprint density at radius 2 is 0.694 bits per heavy atom. The van der Waals surface area contributed by atoms with Gasteiger partial charge in [0, 0.05) is 24.4 Å². The van der Waals surface area contributed by atoms with Crippen LogP contribution in [-0.2, 0) is 23.7 Å². The predicted octanol–water partition coefficient (Wildman–Crippen LogP) is 2.09. The van der Waals surface area contributed by atoms with Crippen molar-refractivity contribution < 1.29 is 28.8 Å². The minimum absolute atomic E-state index is 0.183. The number of aliphatic hydroxyl groups is 1. The van der Waals surface area contributed by atoms with Gasteiger partial charge in [-0.3, -0.25) is 0 Å². The van der Waals surface area contributed by atoms with Crippen LogP contribution in [0.25, 0.3) is 0 Å². The molecule has 11 heteroatoms. The fourth-order valence-corrected chi connectivity index (χ4v) is 3.74. The third-order valence-electron chi connectivity index (χ3n) is 5.32. The summed E-state index contributed by atoms with van der Waals surface area (Å²) >= 11 is 0. The molecule has 0 saturated carbocycles. The monoisotopic (exact) mass is 503 g/mol. The van der Waals surface area contributed by atoms with Crippen LogP contribution in [0, 0.1) is 80.3 Å². The molecule has 0 aliphatic rings. The van der Waals surface area contributed by atoms with Gasteiger partial charge in [-0.25, -0.2) is 0 Å². The van der Waals surface area contributed by atoms with Crippen molar-refractivity contribution in [3.63, 3.8) is 0 Å². The first-order chi connectivity index (χ1) is 17.7. The Balaban J connectivity index is 5.86. The lowest BCUT2D eigenvalue weighted by Crippen LogP contribution is -2.43. The minimum atomic E-state index is -0.378. The van der Waals surface area contributed by atoms with E-state index in [4.69, 9.17) is 50.0 Å². The summed E-state index contributed by atoms with van der Waals surface area (Å²) in [4.78, 5) is 0. The first-order valence-corrected chi connectivity index (χ1v) is 12.0. The predicted molar refractivity (Wildman–Crippen MR) is 126 cm³/mol. The topological polar surface area (TPSA) is 185 Å². The Morgan fingerprint density at radius 3 is 0.917 bits per heavy atom. The van der Waals surface area contributed by atoms with Crippen molar-refractivity contribution in [2.75, 3.05) is 72.7 Å². The summed E-state index contributed by atoms with van der Waals surface area (Å²) in [5, 5.41) is 54.5. The van der Waals surface area contributed by atoms with Crippen molar-refractivity contribution in [1.82, 2.24) is 0 Å². The number of hydrogen-bond acceptors (Lipinski definition) is 11. The van der Waals surface area contributed by atoms with E-state index in [1.54, 1.807) is 0 Å². The first kappa shape index (κ1) is 33.2. The Morgan fingerprint density at radius 1 is 0.444 bits per heavy atom. The van der Waals surface area contributed by atoms with Gasteiger partial charge in [-0.15, -0.1) is 0 Å². The molecular formula is C25H37N5O6. The highest BCUT2D eigenvalue weighted by atomic mass is 16.5.